The van der Waals surface area contributed by atoms with Gasteiger partial charge in [-0.25, -0.2) is 0 Å². The largest absolute Gasteiger partial charge is 1.00 e. The van der Waals surface area contributed by atoms with Crippen LogP contribution in [0.25, 0.3) is 0 Å². The Morgan fingerprint density at radius 3 is 2.14 bits per heavy atom. The van der Waals surface area contributed by atoms with Crippen molar-refractivity contribution in [1.82, 2.24) is 5.32 Å². The predicted molar refractivity (Wildman–Crippen MR) is 19.4 cm³/mol. The molecule has 1 amide bonds. The van der Waals surface area contributed by atoms with E-state index < -0.39 is 0 Å². The van der Waals surface area contributed by atoms with Gasteiger partial charge in [0.1, 0.15) is 0 Å². The monoisotopic (exact) mass is 295 g/mol. The molecular formula is C3H6KNOW. The SMILES string of the molecule is CCN[C-]=O.[K+].[W]. The fourth-order valence-electron chi connectivity index (χ4n) is 0.0722. The average Bonchev–Trinajstić information content (AvgIpc) is 1.41. The topological polar surface area (TPSA) is 29.1 Å². The third-order valence-electron chi connectivity index (χ3n) is 0.249. The van der Waals surface area contributed by atoms with Gasteiger partial charge >= 0.3 is 51.4 Å². The van der Waals surface area contributed by atoms with Crippen LogP contribution in [0, 0.1) is 0 Å². The quantitative estimate of drug-likeness (QED) is 0.322. The standard InChI is InChI=1S/C3H6NO.K.W/c1-2-4-3-5;;/h2H2,1H3,(H,4,5);;/q-1;+1;. The zero-order valence-electron chi connectivity index (χ0n) is 4.52. The summed E-state index contributed by atoms with van der Waals surface area (Å²) in [6.45, 7) is 2.51. The molecule has 0 aliphatic heterocycles. The van der Waals surface area contributed by atoms with Gasteiger partial charge in [-0.05, 0) is 6.54 Å². The number of hydrogen-bond donors (Lipinski definition) is 1. The Kier molecular flexibility index (Phi) is 35.6. The van der Waals surface area contributed by atoms with Crippen molar-refractivity contribution in [2.75, 3.05) is 6.54 Å². The van der Waals surface area contributed by atoms with Gasteiger partial charge in [-0.1, -0.05) is 6.92 Å². The molecule has 0 unspecified atom stereocenters. The second-order valence-corrected chi connectivity index (χ2v) is 0.632. The van der Waals surface area contributed by atoms with Crippen LogP contribution in [0.15, 0.2) is 0 Å². The summed E-state index contributed by atoms with van der Waals surface area (Å²) >= 11 is 0. The number of hydrogen-bond acceptors (Lipinski definition) is 1. The summed E-state index contributed by atoms with van der Waals surface area (Å²) in [6, 6.07) is 0. The maximum atomic E-state index is 9.17. The smallest absolute Gasteiger partial charge is 0.530 e. The van der Waals surface area contributed by atoms with E-state index in [4.69, 9.17) is 4.79 Å². The summed E-state index contributed by atoms with van der Waals surface area (Å²) in [5, 5.41) is 2.31. The first kappa shape index (κ1) is 15.9. The molecule has 0 heterocycles. The van der Waals surface area contributed by atoms with Crippen LogP contribution < -0.4 is 56.7 Å². The Bertz CT molecular complexity index is 36.1. The van der Waals surface area contributed by atoms with Gasteiger partial charge < -0.3 is 10.1 Å². The van der Waals surface area contributed by atoms with Crippen LogP contribution in [-0.2, 0) is 25.9 Å². The zero-order valence-corrected chi connectivity index (χ0v) is 10.6. The molecule has 36 valence electrons. The van der Waals surface area contributed by atoms with Crippen LogP contribution in [0.2, 0.25) is 0 Å². The van der Waals surface area contributed by atoms with Crippen molar-refractivity contribution < 1.29 is 77.2 Å². The molecule has 4 heteroatoms. The zero-order chi connectivity index (χ0) is 4.12. The van der Waals surface area contributed by atoms with E-state index in [0.29, 0.717) is 6.54 Å². The minimum absolute atomic E-state index is 0. The van der Waals surface area contributed by atoms with Crippen molar-refractivity contribution >= 4 is 6.41 Å². The van der Waals surface area contributed by atoms with Gasteiger partial charge in [0.25, 0.3) is 0 Å². The fraction of sp³-hybridized carbons (Fsp3) is 0.667. The molecule has 7 heavy (non-hydrogen) atoms. The minimum atomic E-state index is 0. The van der Waals surface area contributed by atoms with Crippen LogP contribution in [0.3, 0.4) is 0 Å². The molecule has 0 aromatic carbocycles. The number of rotatable bonds is 2. The van der Waals surface area contributed by atoms with E-state index in [1.165, 1.54) is 6.41 Å². The molecular weight excluding hydrogens is 289 g/mol. The molecule has 1 N–H and O–H groups in total. The molecule has 0 spiro atoms. The first-order valence-electron chi connectivity index (χ1n) is 1.51. The summed E-state index contributed by atoms with van der Waals surface area (Å²) in [5.41, 5.74) is 0. The molecule has 0 bridgehead atoms. The van der Waals surface area contributed by atoms with Crippen LogP contribution in [0.5, 0.6) is 0 Å². The van der Waals surface area contributed by atoms with E-state index in [9.17, 15) is 0 Å². The van der Waals surface area contributed by atoms with Crippen molar-refractivity contribution in [2.24, 2.45) is 0 Å². The van der Waals surface area contributed by atoms with Gasteiger partial charge in [0, 0.05) is 21.1 Å². The molecule has 0 rings (SSSR count). The first-order chi connectivity index (χ1) is 2.41. The van der Waals surface area contributed by atoms with Gasteiger partial charge in [0.05, 0.1) is 0 Å². The molecule has 0 aromatic rings. The molecule has 2 nitrogen and oxygen atoms in total. The van der Waals surface area contributed by atoms with Crippen LogP contribution in [0.1, 0.15) is 6.92 Å². The van der Waals surface area contributed by atoms with Gasteiger partial charge in [0.15, 0.2) is 0 Å². The van der Waals surface area contributed by atoms with E-state index in [2.05, 4.69) is 5.32 Å². The van der Waals surface area contributed by atoms with E-state index >= 15 is 0 Å². The van der Waals surface area contributed by atoms with E-state index in [0.717, 1.165) is 0 Å². The summed E-state index contributed by atoms with van der Waals surface area (Å²) in [6.07, 6.45) is 1.52. The second kappa shape index (κ2) is 15.7. The molecule has 0 atom stereocenters. The molecule has 0 fully saturated rings. The van der Waals surface area contributed by atoms with Crippen molar-refractivity contribution in [1.29, 1.82) is 0 Å². The Labute approximate surface area is 100 Å². The third kappa shape index (κ3) is 18.2. The molecule has 0 aliphatic rings. The van der Waals surface area contributed by atoms with Crippen molar-refractivity contribution in [3.63, 3.8) is 0 Å². The van der Waals surface area contributed by atoms with Crippen LogP contribution >= 0.6 is 0 Å². The molecule has 0 aliphatic carbocycles. The fourth-order valence-corrected chi connectivity index (χ4v) is 0.0722. The van der Waals surface area contributed by atoms with Crippen LogP contribution in [0.4, 0.5) is 0 Å². The number of carbonyl (C=O) groups excluding carboxylic acids is 1. The summed E-state index contributed by atoms with van der Waals surface area (Å²) < 4.78 is 0. The van der Waals surface area contributed by atoms with Crippen molar-refractivity contribution in [3.05, 3.63) is 0 Å². The molecule has 0 saturated heterocycles. The molecule has 0 radical (unpaired) electrons. The van der Waals surface area contributed by atoms with Crippen molar-refractivity contribution in [3.8, 4) is 0 Å². The Morgan fingerprint density at radius 2 is 2.14 bits per heavy atom. The molecule has 0 saturated carbocycles. The summed E-state index contributed by atoms with van der Waals surface area (Å²) in [4.78, 5) is 9.17. The van der Waals surface area contributed by atoms with Crippen molar-refractivity contribution in [2.45, 2.75) is 6.92 Å². The van der Waals surface area contributed by atoms with Crippen LogP contribution in [-0.4, -0.2) is 13.0 Å². The van der Waals surface area contributed by atoms with E-state index in [-0.39, 0.29) is 72.4 Å². The predicted octanol–water partition coefficient (Wildman–Crippen LogP) is -3.34. The number of nitrogens with one attached hydrogen (secondary N) is 1. The van der Waals surface area contributed by atoms with E-state index in [1.54, 1.807) is 0 Å². The van der Waals surface area contributed by atoms with Gasteiger partial charge in [-0.15, -0.1) is 0 Å². The normalized spacial score (nSPS) is 4.71. The Hall–Kier alpha value is 1.79. The first-order valence-corrected chi connectivity index (χ1v) is 1.51. The Morgan fingerprint density at radius 1 is 1.71 bits per heavy atom. The van der Waals surface area contributed by atoms with E-state index in [1.807, 2.05) is 6.92 Å². The second-order valence-electron chi connectivity index (χ2n) is 0.632. The number of amides is 1. The minimum Gasteiger partial charge on any atom is -0.530 e. The third-order valence-corrected chi connectivity index (χ3v) is 0.249. The summed E-state index contributed by atoms with van der Waals surface area (Å²) in [5.74, 6) is 0. The Balaban J connectivity index is -0.0000000800. The van der Waals surface area contributed by atoms with Gasteiger partial charge in [-0.3, -0.25) is 0 Å². The maximum absolute atomic E-state index is 9.17. The molecule has 0 aromatic heterocycles. The van der Waals surface area contributed by atoms with Gasteiger partial charge in [-0.2, -0.15) is 6.41 Å². The van der Waals surface area contributed by atoms with Gasteiger partial charge in [0.2, 0.25) is 0 Å². The maximum Gasteiger partial charge on any atom is 1.00 e. The summed E-state index contributed by atoms with van der Waals surface area (Å²) in [7, 11) is 0. The average molecular weight is 295 g/mol.